The molecular formula is C28H29Cl3N2O2S. The summed E-state index contributed by atoms with van der Waals surface area (Å²) in [4.78, 5) is 29.6. The van der Waals surface area contributed by atoms with Crippen molar-refractivity contribution >= 4 is 58.4 Å². The molecule has 1 N–H and O–H groups in total. The lowest BCUT2D eigenvalue weighted by Gasteiger charge is -2.32. The van der Waals surface area contributed by atoms with E-state index >= 15 is 0 Å². The number of nitrogens with zero attached hydrogens (tertiary/aromatic N) is 1. The summed E-state index contributed by atoms with van der Waals surface area (Å²) in [5, 5.41) is 4.56. The molecule has 8 heteroatoms. The van der Waals surface area contributed by atoms with Crippen LogP contribution in [0.4, 0.5) is 0 Å². The van der Waals surface area contributed by atoms with Crippen LogP contribution in [0, 0.1) is 0 Å². The third-order valence-electron chi connectivity index (χ3n) is 5.61. The lowest BCUT2D eigenvalue weighted by atomic mass is 10.0. The van der Waals surface area contributed by atoms with E-state index in [0.717, 1.165) is 16.9 Å². The van der Waals surface area contributed by atoms with Gasteiger partial charge in [0.05, 0.1) is 0 Å². The predicted molar refractivity (Wildman–Crippen MR) is 151 cm³/mol. The number of halogens is 3. The van der Waals surface area contributed by atoms with E-state index in [9.17, 15) is 9.59 Å². The maximum atomic E-state index is 13.6. The first-order valence-electron chi connectivity index (χ1n) is 11.8. The molecule has 0 bridgehead atoms. The lowest BCUT2D eigenvalue weighted by Crippen LogP contribution is -2.50. The molecule has 0 unspecified atom stereocenters. The topological polar surface area (TPSA) is 49.4 Å². The fourth-order valence-electron chi connectivity index (χ4n) is 3.70. The molecule has 0 saturated carbocycles. The number of nitrogens with one attached hydrogen (secondary N) is 1. The molecule has 0 aliphatic rings. The molecule has 0 radical (unpaired) electrons. The molecule has 2 amide bonds. The monoisotopic (exact) mass is 562 g/mol. The molecule has 3 rings (SSSR count). The van der Waals surface area contributed by atoms with Crippen molar-refractivity contribution in [2.24, 2.45) is 0 Å². The smallest absolute Gasteiger partial charge is 0.243 e. The van der Waals surface area contributed by atoms with E-state index in [2.05, 4.69) is 5.32 Å². The molecule has 4 nitrogen and oxygen atoms in total. The van der Waals surface area contributed by atoms with Crippen molar-refractivity contribution in [3.63, 3.8) is 0 Å². The second kappa shape index (κ2) is 14.5. The summed E-state index contributed by atoms with van der Waals surface area (Å²) < 4.78 is 0. The van der Waals surface area contributed by atoms with E-state index in [0.29, 0.717) is 39.3 Å². The molecule has 0 spiro atoms. The van der Waals surface area contributed by atoms with Gasteiger partial charge < -0.3 is 10.2 Å². The van der Waals surface area contributed by atoms with Gasteiger partial charge in [0.2, 0.25) is 11.8 Å². The van der Waals surface area contributed by atoms with Crippen molar-refractivity contribution in [1.82, 2.24) is 10.2 Å². The highest BCUT2D eigenvalue weighted by molar-refractivity contribution is 7.99. The number of thioether (sulfide) groups is 1. The highest BCUT2D eigenvalue weighted by atomic mass is 35.5. The van der Waals surface area contributed by atoms with E-state index in [-0.39, 0.29) is 24.8 Å². The zero-order chi connectivity index (χ0) is 25.9. The molecule has 0 aliphatic carbocycles. The largest absolute Gasteiger partial charge is 0.354 e. The van der Waals surface area contributed by atoms with Gasteiger partial charge in [0.25, 0.3) is 0 Å². The standard InChI is InChI=1S/C28H29Cl3N2O2S/c1-2-16-32-28(35)26(18-20-7-4-3-5-8-20)33(19-23-24(30)9-6-10-25(23)31)27(34)15-17-36-22-13-11-21(29)12-14-22/h3-14,26H,2,15-19H2,1H3,(H,32,35)/t26-/m1/s1. The maximum absolute atomic E-state index is 13.6. The Morgan fingerprint density at radius 2 is 1.58 bits per heavy atom. The summed E-state index contributed by atoms with van der Waals surface area (Å²) in [5.74, 6) is 0.226. The van der Waals surface area contributed by atoms with Gasteiger partial charge in [-0.05, 0) is 48.4 Å². The third kappa shape index (κ3) is 8.45. The quantitative estimate of drug-likeness (QED) is 0.235. The van der Waals surface area contributed by atoms with Crippen molar-refractivity contribution in [3.8, 4) is 0 Å². The van der Waals surface area contributed by atoms with Crippen LogP contribution in [0.5, 0.6) is 0 Å². The Kier molecular flexibility index (Phi) is 11.5. The number of rotatable bonds is 12. The normalized spacial score (nSPS) is 11.7. The first kappa shape index (κ1) is 28.4. The average Bonchev–Trinajstić information content (AvgIpc) is 2.88. The first-order valence-corrected chi connectivity index (χ1v) is 13.9. The first-order chi connectivity index (χ1) is 17.4. The number of benzene rings is 3. The molecule has 0 saturated heterocycles. The van der Waals surface area contributed by atoms with Gasteiger partial charge in [-0.3, -0.25) is 9.59 Å². The van der Waals surface area contributed by atoms with Crippen LogP contribution in [0.1, 0.15) is 30.9 Å². The van der Waals surface area contributed by atoms with Gasteiger partial charge in [-0.15, -0.1) is 11.8 Å². The molecular weight excluding hydrogens is 535 g/mol. The maximum Gasteiger partial charge on any atom is 0.243 e. The molecule has 190 valence electrons. The van der Waals surface area contributed by atoms with Gasteiger partial charge in [0, 0.05) is 57.2 Å². The van der Waals surface area contributed by atoms with E-state index in [4.69, 9.17) is 34.8 Å². The fourth-order valence-corrected chi connectivity index (χ4v) is 5.19. The number of amides is 2. The number of carbonyl (C=O) groups is 2. The van der Waals surface area contributed by atoms with Crippen LogP contribution in [-0.2, 0) is 22.6 Å². The molecule has 36 heavy (non-hydrogen) atoms. The fraction of sp³-hybridized carbons (Fsp3) is 0.286. The van der Waals surface area contributed by atoms with Crippen LogP contribution in [0.2, 0.25) is 15.1 Å². The second-order valence-corrected chi connectivity index (χ2v) is 10.7. The average molecular weight is 564 g/mol. The summed E-state index contributed by atoms with van der Waals surface area (Å²) in [6.07, 6.45) is 1.43. The lowest BCUT2D eigenvalue weighted by molar-refractivity contribution is -0.141. The summed E-state index contributed by atoms with van der Waals surface area (Å²) in [7, 11) is 0. The zero-order valence-electron chi connectivity index (χ0n) is 20.1. The van der Waals surface area contributed by atoms with Gasteiger partial charge in [-0.1, -0.05) is 78.1 Å². The molecule has 3 aromatic rings. The van der Waals surface area contributed by atoms with E-state index < -0.39 is 6.04 Å². The molecule has 0 heterocycles. The Hall–Kier alpha value is -2.18. The van der Waals surface area contributed by atoms with Crippen LogP contribution < -0.4 is 5.32 Å². The summed E-state index contributed by atoms with van der Waals surface area (Å²) in [5.41, 5.74) is 1.59. The van der Waals surface area contributed by atoms with Crippen LogP contribution in [-0.4, -0.2) is 35.1 Å². The van der Waals surface area contributed by atoms with E-state index in [1.54, 1.807) is 34.9 Å². The number of carbonyl (C=O) groups excluding carboxylic acids is 2. The van der Waals surface area contributed by atoms with Gasteiger partial charge in [-0.2, -0.15) is 0 Å². The number of hydrogen-bond donors (Lipinski definition) is 1. The van der Waals surface area contributed by atoms with Crippen molar-refractivity contribution in [2.75, 3.05) is 12.3 Å². The van der Waals surface area contributed by atoms with Gasteiger partial charge in [-0.25, -0.2) is 0 Å². The summed E-state index contributed by atoms with van der Waals surface area (Å²) >= 11 is 20.5. The SMILES string of the molecule is CCCNC(=O)[C@@H](Cc1ccccc1)N(Cc1c(Cl)cccc1Cl)C(=O)CCSc1ccc(Cl)cc1. The minimum Gasteiger partial charge on any atom is -0.354 e. The highest BCUT2D eigenvalue weighted by Gasteiger charge is 2.31. The van der Waals surface area contributed by atoms with Crippen molar-refractivity contribution < 1.29 is 9.59 Å². The number of hydrogen-bond acceptors (Lipinski definition) is 3. The van der Waals surface area contributed by atoms with Crippen LogP contribution in [0.25, 0.3) is 0 Å². The Labute approximate surface area is 232 Å². The molecule has 3 aromatic carbocycles. The van der Waals surface area contributed by atoms with Gasteiger partial charge in [0.15, 0.2) is 0 Å². The summed E-state index contributed by atoms with van der Waals surface area (Å²) in [6.45, 7) is 2.67. The minimum absolute atomic E-state index is 0.139. The van der Waals surface area contributed by atoms with Crippen LogP contribution in [0.3, 0.4) is 0 Å². The predicted octanol–water partition coefficient (Wildman–Crippen LogP) is 7.30. The summed E-state index contributed by atoms with van der Waals surface area (Å²) in [6, 6.07) is 21.7. The molecule has 1 atom stereocenters. The van der Waals surface area contributed by atoms with Crippen molar-refractivity contribution in [2.45, 2.75) is 43.7 Å². The molecule has 0 aliphatic heterocycles. The van der Waals surface area contributed by atoms with E-state index in [1.165, 1.54) is 0 Å². The third-order valence-corrected chi connectivity index (χ3v) is 7.58. The Morgan fingerprint density at radius 1 is 0.917 bits per heavy atom. The van der Waals surface area contributed by atoms with Gasteiger partial charge in [0.1, 0.15) is 6.04 Å². The second-order valence-electron chi connectivity index (χ2n) is 8.27. The molecule has 0 fully saturated rings. The Morgan fingerprint density at radius 3 is 2.22 bits per heavy atom. The van der Waals surface area contributed by atoms with Crippen molar-refractivity contribution in [1.29, 1.82) is 0 Å². The van der Waals surface area contributed by atoms with Gasteiger partial charge >= 0.3 is 0 Å². The minimum atomic E-state index is -0.709. The van der Waals surface area contributed by atoms with Crippen LogP contribution >= 0.6 is 46.6 Å². The van der Waals surface area contributed by atoms with E-state index in [1.807, 2.05) is 61.5 Å². The van der Waals surface area contributed by atoms with Crippen molar-refractivity contribution in [3.05, 3.63) is 99.0 Å². The zero-order valence-corrected chi connectivity index (χ0v) is 23.1. The highest BCUT2D eigenvalue weighted by Crippen LogP contribution is 2.28. The Balaban J connectivity index is 1.87. The molecule has 0 aromatic heterocycles. The Bertz CT molecular complexity index is 1120. The van der Waals surface area contributed by atoms with Crippen LogP contribution in [0.15, 0.2) is 77.7 Å².